The van der Waals surface area contributed by atoms with E-state index in [9.17, 15) is 0 Å². The predicted octanol–water partition coefficient (Wildman–Crippen LogP) is 0.987. The predicted molar refractivity (Wildman–Crippen MR) is 61.1 cm³/mol. The van der Waals surface area contributed by atoms with E-state index < -0.39 is 0 Å². The van der Waals surface area contributed by atoms with Gasteiger partial charge >= 0.3 is 0 Å². The lowest BCUT2D eigenvalue weighted by Gasteiger charge is -2.21. The van der Waals surface area contributed by atoms with Crippen LogP contribution in [0.4, 0.5) is 0 Å². The van der Waals surface area contributed by atoms with E-state index in [1.807, 2.05) is 0 Å². The maximum atomic E-state index is 5.19. The summed E-state index contributed by atoms with van der Waals surface area (Å²) in [7, 11) is 2.11. The van der Waals surface area contributed by atoms with Gasteiger partial charge < -0.3 is 9.84 Å². The summed E-state index contributed by atoms with van der Waals surface area (Å²) in [6.07, 6.45) is 1.20. The molecule has 0 spiro atoms. The molecule has 1 aromatic rings. The van der Waals surface area contributed by atoms with Gasteiger partial charge in [-0.25, -0.2) is 0 Å². The highest BCUT2D eigenvalue weighted by molar-refractivity contribution is 4.91. The molecule has 0 bridgehead atoms. The first-order valence-corrected chi connectivity index (χ1v) is 5.90. The topological polar surface area (TPSA) is 54.2 Å². The Balaban J connectivity index is 1.92. The lowest BCUT2D eigenvalue weighted by molar-refractivity contribution is 0.238. The number of nitrogens with zero attached hydrogens (tertiary/aromatic N) is 3. The van der Waals surface area contributed by atoms with Crippen molar-refractivity contribution < 1.29 is 4.52 Å². The molecule has 2 rings (SSSR count). The van der Waals surface area contributed by atoms with E-state index in [1.54, 1.807) is 0 Å². The Morgan fingerprint density at radius 3 is 2.94 bits per heavy atom. The van der Waals surface area contributed by atoms with E-state index in [1.165, 1.54) is 6.42 Å². The fraction of sp³-hybridized carbons (Fsp3) is 0.818. The van der Waals surface area contributed by atoms with Gasteiger partial charge in [0.05, 0.1) is 6.54 Å². The molecule has 5 nitrogen and oxygen atoms in total. The Hall–Kier alpha value is -0.940. The summed E-state index contributed by atoms with van der Waals surface area (Å²) in [5, 5.41) is 7.36. The van der Waals surface area contributed by atoms with Gasteiger partial charge in [0.2, 0.25) is 5.89 Å². The van der Waals surface area contributed by atoms with Crippen molar-refractivity contribution in [3.8, 4) is 0 Å². The zero-order valence-corrected chi connectivity index (χ0v) is 10.2. The average molecular weight is 224 g/mol. The van der Waals surface area contributed by atoms with Crippen molar-refractivity contribution in [2.75, 3.05) is 20.1 Å². The van der Waals surface area contributed by atoms with Gasteiger partial charge in [-0.15, -0.1) is 0 Å². The Bertz CT molecular complexity index is 330. The Kier molecular flexibility index (Phi) is 3.56. The van der Waals surface area contributed by atoms with Gasteiger partial charge in [0.25, 0.3) is 0 Å². The molecule has 1 aliphatic rings. The molecule has 0 aliphatic carbocycles. The smallest absolute Gasteiger partial charge is 0.229 e. The minimum atomic E-state index is 0.305. The Morgan fingerprint density at radius 2 is 2.38 bits per heavy atom. The fourth-order valence-electron chi connectivity index (χ4n) is 1.93. The monoisotopic (exact) mass is 224 g/mol. The molecule has 1 aromatic heterocycles. The van der Waals surface area contributed by atoms with Gasteiger partial charge in [-0.05, 0) is 20.0 Å². The zero-order valence-electron chi connectivity index (χ0n) is 10.2. The van der Waals surface area contributed by atoms with Gasteiger partial charge in [-0.3, -0.25) is 4.90 Å². The van der Waals surface area contributed by atoms with E-state index in [-0.39, 0.29) is 0 Å². The number of likely N-dealkylation sites (N-methyl/N-ethyl adjacent to an activating group) is 1. The van der Waals surface area contributed by atoms with Crippen molar-refractivity contribution in [1.29, 1.82) is 0 Å². The molecule has 0 saturated carbocycles. The zero-order chi connectivity index (χ0) is 11.5. The highest BCUT2D eigenvalue weighted by Gasteiger charge is 2.21. The van der Waals surface area contributed by atoms with Crippen LogP contribution in [0.25, 0.3) is 0 Å². The summed E-state index contributed by atoms with van der Waals surface area (Å²) in [4.78, 5) is 6.67. The standard InChI is InChI=1S/C11H20N4O/c1-8(2)11-13-10(14-16-11)7-15(3)9-4-5-12-6-9/h8-9,12H,4-7H2,1-3H3/t9-/m0/s1. The normalized spacial score (nSPS) is 21.2. The van der Waals surface area contributed by atoms with Crippen molar-refractivity contribution in [3.63, 3.8) is 0 Å². The van der Waals surface area contributed by atoms with Gasteiger partial charge in [0.1, 0.15) is 0 Å². The van der Waals surface area contributed by atoms with Crippen LogP contribution in [0.2, 0.25) is 0 Å². The fourth-order valence-corrected chi connectivity index (χ4v) is 1.93. The maximum Gasteiger partial charge on any atom is 0.229 e. The highest BCUT2D eigenvalue weighted by Crippen LogP contribution is 2.13. The molecule has 1 aliphatic heterocycles. The minimum Gasteiger partial charge on any atom is -0.339 e. The van der Waals surface area contributed by atoms with E-state index >= 15 is 0 Å². The SMILES string of the molecule is CC(C)c1nc(CN(C)[C@H]2CCNC2)no1. The third-order valence-electron chi connectivity index (χ3n) is 3.03. The third kappa shape index (κ3) is 2.59. The highest BCUT2D eigenvalue weighted by atomic mass is 16.5. The molecule has 90 valence electrons. The quantitative estimate of drug-likeness (QED) is 0.826. The largest absolute Gasteiger partial charge is 0.339 e. The second kappa shape index (κ2) is 4.93. The van der Waals surface area contributed by atoms with Crippen LogP contribution in [-0.2, 0) is 6.54 Å². The van der Waals surface area contributed by atoms with Crippen molar-refractivity contribution in [3.05, 3.63) is 11.7 Å². The van der Waals surface area contributed by atoms with Crippen molar-refractivity contribution in [2.24, 2.45) is 0 Å². The second-order valence-electron chi connectivity index (χ2n) is 4.77. The molecule has 0 aromatic carbocycles. The van der Waals surface area contributed by atoms with Crippen LogP contribution < -0.4 is 5.32 Å². The van der Waals surface area contributed by atoms with Crippen LogP contribution in [0.1, 0.15) is 37.9 Å². The number of hydrogen-bond donors (Lipinski definition) is 1. The summed E-state index contributed by atoms with van der Waals surface area (Å²) in [5.41, 5.74) is 0. The summed E-state index contributed by atoms with van der Waals surface area (Å²) < 4.78 is 5.19. The Morgan fingerprint density at radius 1 is 1.56 bits per heavy atom. The lowest BCUT2D eigenvalue weighted by atomic mass is 10.2. The molecular weight excluding hydrogens is 204 g/mol. The first-order valence-electron chi connectivity index (χ1n) is 5.90. The van der Waals surface area contributed by atoms with Crippen LogP contribution >= 0.6 is 0 Å². The second-order valence-corrected chi connectivity index (χ2v) is 4.77. The molecule has 0 unspecified atom stereocenters. The van der Waals surface area contributed by atoms with Gasteiger partial charge in [-0.2, -0.15) is 4.98 Å². The van der Waals surface area contributed by atoms with Gasteiger partial charge in [0, 0.05) is 18.5 Å². The van der Waals surface area contributed by atoms with E-state index in [0.717, 1.165) is 31.3 Å². The molecule has 16 heavy (non-hydrogen) atoms. The molecule has 5 heteroatoms. The lowest BCUT2D eigenvalue weighted by Crippen LogP contribution is -2.33. The summed E-state index contributed by atoms with van der Waals surface area (Å²) in [6, 6.07) is 0.598. The van der Waals surface area contributed by atoms with E-state index in [0.29, 0.717) is 12.0 Å². The van der Waals surface area contributed by atoms with Crippen LogP contribution in [0.5, 0.6) is 0 Å². The molecule has 1 atom stereocenters. The van der Waals surface area contributed by atoms with Gasteiger partial charge in [0.15, 0.2) is 5.82 Å². The molecule has 1 fully saturated rings. The van der Waals surface area contributed by atoms with Crippen molar-refractivity contribution in [1.82, 2.24) is 20.4 Å². The van der Waals surface area contributed by atoms with E-state index in [4.69, 9.17) is 4.52 Å². The summed E-state index contributed by atoms with van der Waals surface area (Å²) >= 11 is 0. The first kappa shape index (κ1) is 11.5. The molecule has 1 saturated heterocycles. The number of rotatable bonds is 4. The Labute approximate surface area is 96.2 Å². The maximum absolute atomic E-state index is 5.19. The minimum absolute atomic E-state index is 0.305. The molecule has 2 heterocycles. The van der Waals surface area contributed by atoms with Crippen LogP contribution in [-0.4, -0.2) is 41.2 Å². The summed E-state index contributed by atoms with van der Waals surface area (Å²) in [5.74, 6) is 1.82. The van der Waals surface area contributed by atoms with Crippen LogP contribution in [0, 0.1) is 0 Å². The molecular formula is C11H20N4O. The van der Waals surface area contributed by atoms with Gasteiger partial charge in [-0.1, -0.05) is 19.0 Å². The van der Waals surface area contributed by atoms with Crippen LogP contribution in [0.3, 0.4) is 0 Å². The molecule has 1 N–H and O–H groups in total. The number of aromatic nitrogens is 2. The van der Waals surface area contributed by atoms with Crippen molar-refractivity contribution in [2.45, 2.75) is 38.8 Å². The summed E-state index contributed by atoms with van der Waals surface area (Å²) in [6.45, 7) is 7.05. The number of hydrogen-bond acceptors (Lipinski definition) is 5. The third-order valence-corrected chi connectivity index (χ3v) is 3.03. The first-order chi connectivity index (χ1) is 7.66. The van der Waals surface area contributed by atoms with E-state index in [2.05, 4.69) is 41.3 Å². The molecule has 0 amide bonds. The molecule has 0 radical (unpaired) electrons. The van der Waals surface area contributed by atoms with Crippen LogP contribution in [0.15, 0.2) is 4.52 Å². The van der Waals surface area contributed by atoms with Crippen molar-refractivity contribution >= 4 is 0 Å². The number of nitrogens with one attached hydrogen (secondary N) is 1. The average Bonchev–Trinajstić information content (AvgIpc) is 2.87.